The first-order valence-corrected chi connectivity index (χ1v) is 13.9. The van der Waals surface area contributed by atoms with E-state index in [1.54, 1.807) is 6.33 Å². The smallest absolute Gasteiger partial charge is 0.116 e. The molecule has 0 fully saturated rings. The maximum atomic E-state index is 5.02. The van der Waals surface area contributed by atoms with Crippen molar-refractivity contribution in [2.45, 2.75) is 40.0 Å². The van der Waals surface area contributed by atoms with E-state index >= 15 is 0 Å². The lowest BCUT2D eigenvalue weighted by Gasteiger charge is -2.12. The number of aliphatic imine (C=N–C) groups is 1. The lowest BCUT2D eigenvalue weighted by molar-refractivity contribution is 0.799. The second-order valence-corrected chi connectivity index (χ2v) is 11.5. The van der Waals surface area contributed by atoms with Crippen molar-refractivity contribution < 1.29 is 0 Å². The minimum atomic E-state index is 0.313. The molecule has 0 saturated carbocycles. The van der Waals surface area contributed by atoms with E-state index in [0.717, 1.165) is 72.7 Å². The van der Waals surface area contributed by atoms with Gasteiger partial charge in [0.15, 0.2) is 0 Å². The first-order valence-electron chi connectivity index (χ1n) is 13.9. The first-order chi connectivity index (χ1) is 19.5. The molecular formula is C34H28N6. The Morgan fingerprint density at radius 2 is 1.52 bits per heavy atom. The molecule has 0 bridgehead atoms. The molecule has 0 amide bonds. The van der Waals surface area contributed by atoms with Gasteiger partial charge in [0.2, 0.25) is 0 Å². The third kappa shape index (κ3) is 3.25. The Labute approximate surface area is 231 Å². The summed E-state index contributed by atoms with van der Waals surface area (Å²) in [6.07, 6.45) is 6.29. The number of aromatic amines is 1. The highest BCUT2D eigenvalue weighted by atomic mass is 14.9. The number of imidazole rings is 1. The van der Waals surface area contributed by atoms with Gasteiger partial charge in [0.1, 0.15) is 17.7 Å². The number of rotatable bonds is 3. The highest BCUT2D eigenvalue weighted by Crippen LogP contribution is 2.43. The summed E-state index contributed by atoms with van der Waals surface area (Å²) in [6, 6.07) is 17.6. The van der Waals surface area contributed by atoms with Gasteiger partial charge in [-0.05, 0) is 57.6 Å². The van der Waals surface area contributed by atoms with Gasteiger partial charge in [-0.1, -0.05) is 52.0 Å². The van der Waals surface area contributed by atoms with Gasteiger partial charge in [0, 0.05) is 52.0 Å². The van der Waals surface area contributed by atoms with Crippen molar-refractivity contribution in [3.63, 3.8) is 0 Å². The van der Waals surface area contributed by atoms with Crippen molar-refractivity contribution in [2.75, 3.05) is 0 Å². The molecule has 1 aliphatic rings. The molecule has 6 nitrogen and oxygen atoms in total. The zero-order valence-corrected chi connectivity index (χ0v) is 22.9. The van der Waals surface area contributed by atoms with Crippen LogP contribution in [0.5, 0.6) is 0 Å². The summed E-state index contributed by atoms with van der Waals surface area (Å²) in [5.74, 6) is 1.71. The average molecular weight is 521 g/mol. The van der Waals surface area contributed by atoms with Crippen LogP contribution in [-0.4, -0.2) is 30.6 Å². The Morgan fingerprint density at radius 1 is 0.725 bits per heavy atom. The van der Waals surface area contributed by atoms with Crippen LogP contribution in [-0.2, 0) is 6.42 Å². The second kappa shape index (κ2) is 8.39. The van der Waals surface area contributed by atoms with Crippen LogP contribution in [0.4, 0.5) is 5.69 Å². The second-order valence-electron chi connectivity index (χ2n) is 11.5. The fraction of sp³-hybridized carbons (Fsp3) is 0.206. The standard InChI is InChI=1S/C34H28N6/c1-17(2)28-14-26-21-9-7-19(12-24(21)27-15-35-16-37-30(27)33(26)38-28)20-8-10-22-25(13-20)29-23(6-5-11-36-29)32-31(22)39-34(40-32)18(3)4/h5-13,15-18H,14H2,1-4H3,(H,39,40). The van der Waals surface area contributed by atoms with Crippen molar-refractivity contribution in [2.24, 2.45) is 10.9 Å². The molecule has 7 aromatic rings. The van der Waals surface area contributed by atoms with Crippen molar-refractivity contribution in [1.82, 2.24) is 24.9 Å². The topological polar surface area (TPSA) is 79.7 Å². The third-order valence-electron chi connectivity index (χ3n) is 8.35. The summed E-state index contributed by atoms with van der Waals surface area (Å²) in [6.45, 7) is 8.75. The summed E-state index contributed by atoms with van der Waals surface area (Å²) >= 11 is 0. The van der Waals surface area contributed by atoms with Crippen LogP contribution in [0.1, 0.15) is 45.0 Å². The van der Waals surface area contributed by atoms with E-state index in [1.165, 1.54) is 22.0 Å². The van der Waals surface area contributed by atoms with Gasteiger partial charge in [-0.15, -0.1) is 0 Å². The van der Waals surface area contributed by atoms with E-state index in [1.807, 2.05) is 18.5 Å². The highest BCUT2D eigenvalue weighted by molar-refractivity contribution is 6.23. The van der Waals surface area contributed by atoms with Crippen molar-refractivity contribution in [1.29, 1.82) is 0 Å². The van der Waals surface area contributed by atoms with Gasteiger partial charge in [-0.2, -0.15) is 0 Å². The Hall–Kier alpha value is -4.71. The Morgan fingerprint density at radius 3 is 2.33 bits per heavy atom. The van der Waals surface area contributed by atoms with Crippen LogP contribution in [0.3, 0.4) is 0 Å². The number of nitrogens with zero attached hydrogens (tertiary/aromatic N) is 5. The molecular weight excluding hydrogens is 492 g/mol. The lowest BCUT2D eigenvalue weighted by atomic mass is 9.92. The summed E-state index contributed by atoms with van der Waals surface area (Å²) in [5, 5.41) is 6.77. The van der Waals surface area contributed by atoms with Gasteiger partial charge in [0.25, 0.3) is 0 Å². The zero-order valence-electron chi connectivity index (χ0n) is 22.9. The molecule has 40 heavy (non-hydrogen) atoms. The predicted octanol–water partition coefficient (Wildman–Crippen LogP) is 8.44. The predicted molar refractivity (Wildman–Crippen MR) is 165 cm³/mol. The molecule has 0 aliphatic carbocycles. The molecule has 3 aromatic heterocycles. The number of hydrogen-bond acceptors (Lipinski definition) is 5. The van der Waals surface area contributed by atoms with Crippen molar-refractivity contribution >= 4 is 65.8 Å². The van der Waals surface area contributed by atoms with E-state index in [9.17, 15) is 0 Å². The Balaban J connectivity index is 1.37. The summed E-state index contributed by atoms with van der Waals surface area (Å²) in [7, 11) is 0. The molecule has 0 atom stereocenters. The fourth-order valence-electron chi connectivity index (χ4n) is 6.20. The number of pyridine rings is 1. The molecule has 0 saturated heterocycles. The largest absolute Gasteiger partial charge is 0.341 e. The number of fused-ring (bicyclic) bond motifs is 12. The summed E-state index contributed by atoms with van der Waals surface area (Å²) in [5.41, 5.74) is 9.76. The number of hydrogen-bond donors (Lipinski definition) is 1. The number of aromatic nitrogens is 5. The molecule has 1 N–H and O–H groups in total. The number of benzene rings is 4. The van der Waals surface area contributed by atoms with E-state index < -0.39 is 0 Å². The fourth-order valence-corrected chi connectivity index (χ4v) is 6.20. The van der Waals surface area contributed by atoms with Gasteiger partial charge in [-0.25, -0.2) is 15.0 Å². The van der Waals surface area contributed by atoms with Crippen LogP contribution >= 0.6 is 0 Å². The van der Waals surface area contributed by atoms with Gasteiger partial charge in [0.05, 0.1) is 22.2 Å². The van der Waals surface area contributed by atoms with Gasteiger partial charge < -0.3 is 4.98 Å². The maximum absolute atomic E-state index is 5.02. The first kappa shape index (κ1) is 23.2. The van der Waals surface area contributed by atoms with Crippen LogP contribution in [0.2, 0.25) is 0 Å². The number of H-pyrrole nitrogens is 1. The molecule has 4 heterocycles. The lowest BCUT2D eigenvalue weighted by Crippen LogP contribution is -2.06. The molecule has 6 heteroatoms. The molecule has 194 valence electrons. The molecule has 0 spiro atoms. The summed E-state index contributed by atoms with van der Waals surface area (Å²) in [4.78, 5) is 27.5. The van der Waals surface area contributed by atoms with E-state index in [2.05, 4.69) is 85.1 Å². The molecule has 0 radical (unpaired) electrons. The van der Waals surface area contributed by atoms with Crippen molar-refractivity contribution in [3.05, 3.63) is 78.6 Å². The van der Waals surface area contributed by atoms with Crippen LogP contribution < -0.4 is 0 Å². The average Bonchev–Trinajstić information content (AvgIpc) is 3.64. The van der Waals surface area contributed by atoms with Gasteiger partial charge in [-0.3, -0.25) is 9.98 Å². The highest BCUT2D eigenvalue weighted by Gasteiger charge is 2.24. The molecule has 1 aliphatic heterocycles. The number of nitrogens with one attached hydrogen (secondary N) is 1. The van der Waals surface area contributed by atoms with Crippen LogP contribution in [0.25, 0.3) is 65.5 Å². The molecule has 0 unspecified atom stereocenters. The van der Waals surface area contributed by atoms with E-state index in [4.69, 9.17) is 15.0 Å². The summed E-state index contributed by atoms with van der Waals surface area (Å²) < 4.78 is 0. The van der Waals surface area contributed by atoms with Crippen LogP contribution in [0.15, 0.2) is 72.2 Å². The minimum absolute atomic E-state index is 0.313. The monoisotopic (exact) mass is 520 g/mol. The van der Waals surface area contributed by atoms with Gasteiger partial charge >= 0.3 is 0 Å². The van der Waals surface area contributed by atoms with E-state index in [0.29, 0.717) is 11.8 Å². The Kier molecular flexibility index (Phi) is 4.87. The molecule has 8 rings (SSSR count). The van der Waals surface area contributed by atoms with E-state index in [-0.39, 0.29) is 0 Å². The normalized spacial score (nSPS) is 13.5. The quantitative estimate of drug-likeness (QED) is 0.237. The van der Waals surface area contributed by atoms with Crippen LogP contribution in [0, 0.1) is 5.92 Å². The minimum Gasteiger partial charge on any atom is -0.341 e. The molecule has 4 aromatic carbocycles. The SMILES string of the molecule is CC(C)C1=Nc2c(c3ccc(-c4ccc5c(c4)c4ncccc4c4nc(C(C)C)[nH]c54)cc3c3cncnc23)C1. The van der Waals surface area contributed by atoms with Crippen molar-refractivity contribution in [3.8, 4) is 11.1 Å². The third-order valence-corrected chi connectivity index (χ3v) is 8.35. The zero-order chi connectivity index (χ0) is 27.1. The maximum Gasteiger partial charge on any atom is 0.116 e. The Bertz CT molecular complexity index is 2200.